The lowest BCUT2D eigenvalue weighted by atomic mass is 10.2. The van der Waals surface area contributed by atoms with E-state index in [4.69, 9.17) is 9.47 Å². The zero-order valence-electron chi connectivity index (χ0n) is 8.63. The summed E-state index contributed by atoms with van der Waals surface area (Å²) in [5.41, 5.74) is 1.13. The van der Waals surface area contributed by atoms with Gasteiger partial charge in [-0.05, 0) is 32.4 Å². The molecule has 1 aromatic rings. The van der Waals surface area contributed by atoms with Crippen LogP contribution >= 0.6 is 0 Å². The minimum atomic E-state index is 0.200. The summed E-state index contributed by atoms with van der Waals surface area (Å²) in [6, 6.07) is 5.84. The molecule has 13 heavy (non-hydrogen) atoms. The topological polar surface area (TPSA) is 18.5 Å². The van der Waals surface area contributed by atoms with Gasteiger partial charge >= 0.3 is 0 Å². The van der Waals surface area contributed by atoms with Crippen LogP contribution in [0.5, 0.6) is 11.5 Å². The van der Waals surface area contributed by atoms with Crippen molar-refractivity contribution in [2.24, 2.45) is 0 Å². The first kappa shape index (κ1) is 9.90. The van der Waals surface area contributed by atoms with Gasteiger partial charge in [0.15, 0.2) is 0 Å². The van der Waals surface area contributed by atoms with Gasteiger partial charge in [0.05, 0.1) is 13.2 Å². The van der Waals surface area contributed by atoms with Crippen LogP contribution in [0, 0.1) is 6.92 Å². The molecule has 0 fully saturated rings. The molecule has 0 spiro atoms. The Balaban J connectivity index is 2.90. The van der Waals surface area contributed by atoms with Gasteiger partial charge in [-0.3, -0.25) is 0 Å². The Bertz CT molecular complexity index is 279. The second-order valence-corrected chi connectivity index (χ2v) is 3.30. The van der Waals surface area contributed by atoms with Crippen LogP contribution in [0.1, 0.15) is 19.4 Å². The average Bonchev–Trinajstić information content (AvgIpc) is 2.08. The summed E-state index contributed by atoms with van der Waals surface area (Å²) in [6.45, 7) is 6.05. The van der Waals surface area contributed by atoms with Crippen molar-refractivity contribution in [2.75, 3.05) is 7.11 Å². The second kappa shape index (κ2) is 4.17. The SMILES string of the molecule is COc1ccc(C)c(OC(C)C)c1. The van der Waals surface area contributed by atoms with E-state index in [0.717, 1.165) is 17.1 Å². The molecule has 1 rings (SSSR count). The van der Waals surface area contributed by atoms with Crippen LogP contribution in [-0.2, 0) is 0 Å². The van der Waals surface area contributed by atoms with Crippen molar-refractivity contribution in [2.45, 2.75) is 26.9 Å². The van der Waals surface area contributed by atoms with Gasteiger partial charge in [-0.25, -0.2) is 0 Å². The van der Waals surface area contributed by atoms with E-state index >= 15 is 0 Å². The monoisotopic (exact) mass is 180 g/mol. The van der Waals surface area contributed by atoms with Gasteiger partial charge in [0.2, 0.25) is 0 Å². The molecule has 0 aliphatic heterocycles. The fraction of sp³-hybridized carbons (Fsp3) is 0.455. The Hall–Kier alpha value is -1.18. The van der Waals surface area contributed by atoms with E-state index in [2.05, 4.69) is 0 Å². The molecular weight excluding hydrogens is 164 g/mol. The number of ether oxygens (including phenoxy) is 2. The van der Waals surface area contributed by atoms with Gasteiger partial charge in [0.25, 0.3) is 0 Å². The van der Waals surface area contributed by atoms with Crippen molar-refractivity contribution in [3.63, 3.8) is 0 Å². The van der Waals surface area contributed by atoms with E-state index in [1.54, 1.807) is 7.11 Å². The van der Waals surface area contributed by atoms with Crippen molar-refractivity contribution in [3.05, 3.63) is 23.8 Å². The molecule has 0 unspecified atom stereocenters. The van der Waals surface area contributed by atoms with Crippen LogP contribution in [-0.4, -0.2) is 13.2 Å². The molecule has 0 radical (unpaired) electrons. The Labute approximate surface area is 79.5 Å². The molecule has 0 aliphatic rings. The Morgan fingerprint density at radius 1 is 1.23 bits per heavy atom. The van der Waals surface area contributed by atoms with E-state index in [-0.39, 0.29) is 6.10 Å². The average molecular weight is 180 g/mol. The van der Waals surface area contributed by atoms with Crippen LogP contribution in [0.3, 0.4) is 0 Å². The zero-order valence-corrected chi connectivity index (χ0v) is 8.63. The molecule has 2 heteroatoms. The van der Waals surface area contributed by atoms with Gasteiger partial charge in [0.1, 0.15) is 11.5 Å². The summed E-state index contributed by atoms with van der Waals surface area (Å²) in [5.74, 6) is 1.73. The number of benzene rings is 1. The molecule has 0 bridgehead atoms. The summed E-state index contributed by atoms with van der Waals surface area (Å²) >= 11 is 0. The van der Waals surface area contributed by atoms with E-state index < -0.39 is 0 Å². The Morgan fingerprint density at radius 2 is 1.92 bits per heavy atom. The lowest BCUT2D eigenvalue weighted by Crippen LogP contribution is -2.06. The molecule has 0 amide bonds. The van der Waals surface area contributed by atoms with Gasteiger partial charge < -0.3 is 9.47 Å². The predicted molar refractivity (Wildman–Crippen MR) is 53.5 cm³/mol. The summed E-state index contributed by atoms with van der Waals surface area (Å²) in [5, 5.41) is 0. The maximum Gasteiger partial charge on any atom is 0.126 e. The summed E-state index contributed by atoms with van der Waals surface area (Å²) in [4.78, 5) is 0. The van der Waals surface area contributed by atoms with Gasteiger partial charge in [0, 0.05) is 6.07 Å². The summed E-state index contributed by atoms with van der Waals surface area (Å²) in [6.07, 6.45) is 0.200. The van der Waals surface area contributed by atoms with Gasteiger partial charge in [-0.15, -0.1) is 0 Å². The van der Waals surface area contributed by atoms with Crippen LogP contribution in [0.25, 0.3) is 0 Å². The maximum atomic E-state index is 5.61. The first-order chi connectivity index (χ1) is 6.13. The highest BCUT2D eigenvalue weighted by molar-refractivity contribution is 5.39. The Kier molecular flexibility index (Phi) is 3.18. The largest absolute Gasteiger partial charge is 0.497 e. The second-order valence-electron chi connectivity index (χ2n) is 3.30. The first-order valence-electron chi connectivity index (χ1n) is 4.44. The molecule has 0 aliphatic carbocycles. The van der Waals surface area contributed by atoms with Gasteiger partial charge in [-0.1, -0.05) is 6.07 Å². The summed E-state index contributed by atoms with van der Waals surface area (Å²) < 4.78 is 10.7. The molecule has 0 heterocycles. The molecule has 0 atom stereocenters. The predicted octanol–water partition coefficient (Wildman–Crippen LogP) is 2.79. The van der Waals surface area contributed by atoms with Crippen molar-refractivity contribution < 1.29 is 9.47 Å². The lowest BCUT2D eigenvalue weighted by Gasteiger charge is -2.13. The number of aryl methyl sites for hydroxylation is 1. The van der Waals surface area contributed by atoms with E-state index in [1.165, 1.54) is 0 Å². The van der Waals surface area contributed by atoms with Crippen LogP contribution in [0.2, 0.25) is 0 Å². The molecule has 0 N–H and O–H groups in total. The third-order valence-electron chi connectivity index (χ3n) is 1.76. The molecule has 0 aromatic heterocycles. The standard InChI is InChI=1S/C11H16O2/c1-8(2)13-11-7-10(12-4)6-5-9(11)3/h5-8H,1-4H3. The third-order valence-corrected chi connectivity index (χ3v) is 1.76. The number of methoxy groups -OCH3 is 1. The van der Waals surface area contributed by atoms with Crippen molar-refractivity contribution in [1.29, 1.82) is 0 Å². The molecule has 0 saturated heterocycles. The highest BCUT2D eigenvalue weighted by Gasteiger charge is 2.03. The molecule has 1 aromatic carbocycles. The minimum absolute atomic E-state index is 0.200. The fourth-order valence-electron chi connectivity index (χ4n) is 1.09. The fourth-order valence-corrected chi connectivity index (χ4v) is 1.09. The minimum Gasteiger partial charge on any atom is -0.497 e. The molecular formula is C11H16O2. The number of hydrogen-bond donors (Lipinski definition) is 0. The van der Waals surface area contributed by atoms with Crippen LogP contribution < -0.4 is 9.47 Å². The smallest absolute Gasteiger partial charge is 0.126 e. The highest BCUT2D eigenvalue weighted by atomic mass is 16.5. The molecule has 2 nitrogen and oxygen atoms in total. The third kappa shape index (κ3) is 2.65. The van der Waals surface area contributed by atoms with Crippen molar-refractivity contribution in [1.82, 2.24) is 0 Å². The van der Waals surface area contributed by atoms with Crippen LogP contribution in [0.15, 0.2) is 18.2 Å². The number of hydrogen-bond acceptors (Lipinski definition) is 2. The van der Waals surface area contributed by atoms with E-state index in [0.29, 0.717) is 0 Å². The van der Waals surface area contributed by atoms with Crippen molar-refractivity contribution >= 4 is 0 Å². The normalized spacial score (nSPS) is 10.2. The van der Waals surface area contributed by atoms with E-state index in [1.807, 2.05) is 39.0 Å². The molecule has 72 valence electrons. The first-order valence-corrected chi connectivity index (χ1v) is 4.44. The summed E-state index contributed by atoms with van der Waals surface area (Å²) in [7, 11) is 1.66. The lowest BCUT2D eigenvalue weighted by molar-refractivity contribution is 0.239. The zero-order chi connectivity index (χ0) is 9.84. The van der Waals surface area contributed by atoms with Crippen LogP contribution in [0.4, 0.5) is 0 Å². The molecule has 0 saturated carbocycles. The Morgan fingerprint density at radius 3 is 2.46 bits per heavy atom. The number of rotatable bonds is 3. The van der Waals surface area contributed by atoms with Gasteiger partial charge in [-0.2, -0.15) is 0 Å². The van der Waals surface area contributed by atoms with E-state index in [9.17, 15) is 0 Å². The van der Waals surface area contributed by atoms with Crippen molar-refractivity contribution in [3.8, 4) is 11.5 Å². The maximum absolute atomic E-state index is 5.61. The quantitative estimate of drug-likeness (QED) is 0.712. The highest BCUT2D eigenvalue weighted by Crippen LogP contribution is 2.24.